The minimum atomic E-state index is -0.145. The minimum Gasteiger partial charge on any atom is -0.378 e. The van der Waals surface area contributed by atoms with Crippen LogP contribution in [0.3, 0.4) is 0 Å². The summed E-state index contributed by atoms with van der Waals surface area (Å²) in [5, 5.41) is 7.64. The summed E-state index contributed by atoms with van der Waals surface area (Å²) in [7, 11) is 0. The molecular formula is C18H22N2O2S. The highest BCUT2D eigenvalue weighted by atomic mass is 32.1. The molecule has 0 saturated carbocycles. The summed E-state index contributed by atoms with van der Waals surface area (Å²) in [6.07, 6.45) is 0. The van der Waals surface area contributed by atoms with Crippen LogP contribution in [0.2, 0.25) is 0 Å². The lowest BCUT2D eigenvalue weighted by Gasteiger charge is -2.30. The third kappa shape index (κ3) is 4.41. The third-order valence-electron chi connectivity index (χ3n) is 4.08. The molecule has 2 aromatic rings. The van der Waals surface area contributed by atoms with Crippen molar-refractivity contribution in [3.8, 4) is 0 Å². The van der Waals surface area contributed by atoms with E-state index in [4.69, 9.17) is 4.74 Å². The number of morpholine rings is 1. The van der Waals surface area contributed by atoms with E-state index < -0.39 is 0 Å². The predicted octanol–water partition coefficient (Wildman–Crippen LogP) is 2.48. The van der Waals surface area contributed by atoms with Gasteiger partial charge in [0.25, 0.3) is 0 Å². The van der Waals surface area contributed by atoms with Gasteiger partial charge in [-0.2, -0.15) is 11.3 Å². The number of hydrogen-bond donors (Lipinski definition) is 1. The fourth-order valence-electron chi connectivity index (χ4n) is 2.79. The predicted molar refractivity (Wildman–Crippen MR) is 92.6 cm³/mol. The van der Waals surface area contributed by atoms with Crippen LogP contribution < -0.4 is 5.32 Å². The summed E-state index contributed by atoms with van der Waals surface area (Å²) < 4.78 is 5.36. The number of nitrogens with one attached hydrogen (secondary N) is 1. The second-order valence-electron chi connectivity index (χ2n) is 5.66. The monoisotopic (exact) mass is 330 g/mol. The Kier molecular flexibility index (Phi) is 5.80. The molecule has 1 saturated heterocycles. The molecule has 1 amide bonds. The van der Waals surface area contributed by atoms with Crippen LogP contribution in [0.4, 0.5) is 0 Å². The van der Waals surface area contributed by atoms with Crippen LogP contribution in [0.15, 0.2) is 47.2 Å². The molecule has 1 aliphatic rings. The van der Waals surface area contributed by atoms with E-state index in [1.54, 1.807) is 11.3 Å². The number of hydrogen-bond acceptors (Lipinski definition) is 4. The van der Waals surface area contributed by atoms with Gasteiger partial charge in [0.2, 0.25) is 5.91 Å². The van der Waals surface area contributed by atoms with Crippen LogP contribution in [0, 0.1) is 0 Å². The summed E-state index contributed by atoms with van der Waals surface area (Å²) >= 11 is 1.69. The van der Waals surface area contributed by atoms with E-state index in [1.165, 1.54) is 5.56 Å². The van der Waals surface area contributed by atoms with Crippen molar-refractivity contribution in [2.24, 2.45) is 0 Å². The first kappa shape index (κ1) is 16.2. The van der Waals surface area contributed by atoms with Crippen molar-refractivity contribution in [1.29, 1.82) is 0 Å². The number of carbonyl (C=O) groups is 1. The van der Waals surface area contributed by atoms with Crippen molar-refractivity contribution in [2.45, 2.75) is 12.5 Å². The number of rotatable bonds is 6. The lowest BCUT2D eigenvalue weighted by atomic mass is 9.97. The molecule has 1 N–H and O–H groups in total. The molecule has 3 rings (SSSR count). The van der Waals surface area contributed by atoms with Gasteiger partial charge in [-0.15, -0.1) is 0 Å². The molecule has 0 aliphatic carbocycles. The molecule has 1 aliphatic heterocycles. The molecule has 23 heavy (non-hydrogen) atoms. The topological polar surface area (TPSA) is 41.6 Å². The van der Waals surface area contributed by atoms with E-state index in [1.807, 2.05) is 35.2 Å². The highest BCUT2D eigenvalue weighted by molar-refractivity contribution is 7.07. The standard InChI is InChI=1S/C18H22N2O2S/c21-18(20-7-9-22-10-8-20)17(16-4-2-1-3-5-16)13-19-12-15-6-11-23-14-15/h1-6,11,14,17,19H,7-10,12-13H2/t17-/m0/s1. The van der Waals surface area contributed by atoms with E-state index in [-0.39, 0.29) is 11.8 Å². The Morgan fingerprint density at radius 3 is 2.70 bits per heavy atom. The zero-order valence-corrected chi connectivity index (χ0v) is 13.9. The molecule has 1 aromatic heterocycles. The zero-order valence-electron chi connectivity index (χ0n) is 13.1. The van der Waals surface area contributed by atoms with Crippen molar-refractivity contribution in [1.82, 2.24) is 10.2 Å². The molecule has 1 atom stereocenters. The molecule has 5 heteroatoms. The molecule has 0 spiro atoms. The van der Waals surface area contributed by atoms with Crippen molar-refractivity contribution in [3.63, 3.8) is 0 Å². The average molecular weight is 330 g/mol. The molecule has 0 bridgehead atoms. The van der Waals surface area contributed by atoms with Gasteiger partial charge in [0, 0.05) is 26.2 Å². The molecule has 122 valence electrons. The van der Waals surface area contributed by atoms with Gasteiger partial charge in [0.05, 0.1) is 19.1 Å². The van der Waals surface area contributed by atoms with Crippen LogP contribution in [-0.4, -0.2) is 43.7 Å². The highest BCUT2D eigenvalue weighted by Crippen LogP contribution is 2.19. The number of ether oxygens (including phenoxy) is 1. The quantitative estimate of drug-likeness (QED) is 0.885. The van der Waals surface area contributed by atoms with E-state index in [0.29, 0.717) is 32.8 Å². The Bertz CT molecular complexity index is 595. The maximum Gasteiger partial charge on any atom is 0.231 e. The van der Waals surface area contributed by atoms with Crippen molar-refractivity contribution in [2.75, 3.05) is 32.8 Å². The largest absolute Gasteiger partial charge is 0.378 e. The number of amides is 1. The number of nitrogens with zero attached hydrogens (tertiary/aromatic N) is 1. The van der Waals surface area contributed by atoms with Gasteiger partial charge in [0.15, 0.2) is 0 Å². The molecule has 0 radical (unpaired) electrons. The van der Waals surface area contributed by atoms with Crippen molar-refractivity contribution in [3.05, 3.63) is 58.3 Å². The van der Waals surface area contributed by atoms with Gasteiger partial charge in [-0.1, -0.05) is 30.3 Å². The summed E-state index contributed by atoms with van der Waals surface area (Å²) in [5.74, 6) is 0.0465. The minimum absolute atomic E-state index is 0.145. The normalized spacial score (nSPS) is 16.3. The summed E-state index contributed by atoms with van der Waals surface area (Å²) in [5.41, 5.74) is 2.34. The fourth-order valence-corrected chi connectivity index (χ4v) is 3.46. The SMILES string of the molecule is O=C([C@@H](CNCc1ccsc1)c1ccccc1)N1CCOCC1. The Balaban J connectivity index is 1.67. The summed E-state index contributed by atoms with van der Waals surface area (Å²) in [4.78, 5) is 14.8. The summed E-state index contributed by atoms with van der Waals surface area (Å²) in [6.45, 7) is 4.09. The van der Waals surface area contributed by atoms with Crippen LogP contribution in [-0.2, 0) is 16.1 Å². The lowest BCUT2D eigenvalue weighted by molar-refractivity contribution is -0.136. The van der Waals surface area contributed by atoms with Crippen molar-refractivity contribution >= 4 is 17.2 Å². The van der Waals surface area contributed by atoms with Gasteiger partial charge < -0.3 is 15.0 Å². The Hall–Kier alpha value is -1.69. The first-order valence-corrected chi connectivity index (χ1v) is 8.92. The van der Waals surface area contributed by atoms with Crippen LogP contribution in [0.5, 0.6) is 0 Å². The Morgan fingerprint density at radius 1 is 1.22 bits per heavy atom. The number of benzene rings is 1. The summed E-state index contributed by atoms with van der Waals surface area (Å²) in [6, 6.07) is 12.2. The fraction of sp³-hybridized carbons (Fsp3) is 0.389. The second-order valence-corrected chi connectivity index (χ2v) is 6.44. The Labute approximate surface area is 141 Å². The lowest BCUT2D eigenvalue weighted by Crippen LogP contribution is -2.45. The van der Waals surface area contributed by atoms with E-state index in [0.717, 1.165) is 12.1 Å². The van der Waals surface area contributed by atoms with Crippen molar-refractivity contribution < 1.29 is 9.53 Å². The number of thiophene rings is 1. The molecule has 0 unspecified atom stereocenters. The third-order valence-corrected chi connectivity index (χ3v) is 4.81. The van der Waals surface area contributed by atoms with E-state index in [9.17, 15) is 4.79 Å². The van der Waals surface area contributed by atoms with Gasteiger partial charge >= 0.3 is 0 Å². The van der Waals surface area contributed by atoms with Crippen LogP contribution in [0.1, 0.15) is 17.0 Å². The molecule has 1 aromatic carbocycles. The maximum atomic E-state index is 12.9. The highest BCUT2D eigenvalue weighted by Gasteiger charge is 2.26. The van der Waals surface area contributed by atoms with E-state index in [2.05, 4.69) is 22.1 Å². The van der Waals surface area contributed by atoms with E-state index >= 15 is 0 Å². The molecule has 1 fully saturated rings. The molecular weight excluding hydrogens is 308 g/mol. The van der Waals surface area contributed by atoms with Gasteiger partial charge in [-0.25, -0.2) is 0 Å². The average Bonchev–Trinajstić information content (AvgIpc) is 3.13. The van der Waals surface area contributed by atoms with Gasteiger partial charge in [0.1, 0.15) is 0 Å². The van der Waals surface area contributed by atoms with Crippen LogP contribution >= 0.6 is 11.3 Å². The Morgan fingerprint density at radius 2 is 2.00 bits per heavy atom. The number of carbonyl (C=O) groups excluding carboxylic acids is 1. The van der Waals surface area contributed by atoms with Gasteiger partial charge in [-0.3, -0.25) is 4.79 Å². The molecule has 2 heterocycles. The van der Waals surface area contributed by atoms with Crippen LogP contribution in [0.25, 0.3) is 0 Å². The molecule has 4 nitrogen and oxygen atoms in total. The first-order chi connectivity index (χ1) is 11.3. The smallest absolute Gasteiger partial charge is 0.231 e. The zero-order chi connectivity index (χ0) is 15.9. The maximum absolute atomic E-state index is 12.9. The van der Waals surface area contributed by atoms with Gasteiger partial charge in [-0.05, 0) is 28.0 Å². The first-order valence-electron chi connectivity index (χ1n) is 7.98. The second kappa shape index (κ2) is 8.24.